The van der Waals surface area contributed by atoms with Gasteiger partial charge >= 0.3 is 5.97 Å². The van der Waals surface area contributed by atoms with E-state index < -0.39 is 4.32 Å². The monoisotopic (exact) mass is 277 g/mol. The number of carbonyl (C=O) groups is 1. The second-order valence-corrected chi connectivity index (χ2v) is 7.24. The minimum Gasteiger partial charge on any atom is -0.457 e. The summed E-state index contributed by atoms with van der Waals surface area (Å²) < 4.78 is 4.79. The second kappa shape index (κ2) is 3.18. The molecule has 2 fully saturated rings. The quantitative estimate of drug-likeness (QED) is 0.439. The average molecular weight is 278 g/mol. The van der Waals surface area contributed by atoms with Crippen LogP contribution in [0.1, 0.15) is 34.1 Å². The van der Waals surface area contributed by atoms with Crippen LogP contribution in [0.15, 0.2) is 0 Å². The minimum atomic E-state index is -0.626. The molecule has 0 aromatic carbocycles. The molecule has 0 N–H and O–H groups in total. The molecule has 3 atom stereocenters. The van der Waals surface area contributed by atoms with Gasteiger partial charge in [-0.2, -0.15) is 0 Å². The first kappa shape index (κ1) is 11.4. The molecule has 0 bridgehead atoms. The molecule has 0 aliphatic carbocycles. The van der Waals surface area contributed by atoms with E-state index in [1.54, 1.807) is 13.8 Å². The molecular formula is C10H16BrNO3. The van der Waals surface area contributed by atoms with Crippen LogP contribution in [0.25, 0.3) is 0 Å². The van der Waals surface area contributed by atoms with E-state index in [1.807, 2.05) is 5.06 Å². The molecule has 2 rings (SSSR count). The number of ether oxygens (including phenoxy) is 1. The van der Waals surface area contributed by atoms with Gasteiger partial charge in [-0.05, 0) is 27.7 Å². The van der Waals surface area contributed by atoms with Gasteiger partial charge in [-0.1, -0.05) is 15.9 Å². The number of nitrogens with zero attached hydrogens (tertiary/aromatic N) is 1. The molecule has 2 aliphatic rings. The van der Waals surface area contributed by atoms with Gasteiger partial charge in [-0.15, -0.1) is 5.06 Å². The number of alkyl halides is 1. The molecule has 0 spiro atoms. The number of carbonyl (C=O) groups excluding carboxylic acids is 1. The predicted molar refractivity (Wildman–Crippen MR) is 58.3 cm³/mol. The first-order valence-electron chi connectivity index (χ1n) is 5.08. The molecule has 2 heterocycles. The molecule has 4 nitrogen and oxygen atoms in total. The normalized spacial score (nSPS) is 37.3. The van der Waals surface area contributed by atoms with Gasteiger partial charge in [0.05, 0.1) is 0 Å². The first-order chi connectivity index (χ1) is 6.72. The molecule has 0 saturated carbocycles. The van der Waals surface area contributed by atoms with E-state index in [1.165, 1.54) is 0 Å². The van der Waals surface area contributed by atoms with Crippen LogP contribution < -0.4 is 0 Å². The third-order valence-corrected chi connectivity index (χ3v) is 3.09. The largest absolute Gasteiger partial charge is 0.457 e. The number of halogens is 1. The molecule has 1 unspecified atom stereocenters. The number of esters is 1. The fourth-order valence-corrected chi connectivity index (χ4v) is 1.95. The molecule has 5 heteroatoms. The highest BCUT2D eigenvalue weighted by Gasteiger charge is 2.61. The zero-order valence-electron chi connectivity index (χ0n) is 9.41. The van der Waals surface area contributed by atoms with Crippen LogP contribution in [0.5, 0.6) is 0 Å². The van der Waals surface area contributed by atoms with E-state index in [0.717, 1.165) is 6.42 Å². The lowest BCUT2D eigenvalue weighted by Gasteiger charge is -2.23. The van der Waals surface area contributed by atoms with Gasteiger partial charge in [0.25, 0.3) is 0 Å². The van der Waals surface area contributed by atoms with Crippen molar-refractivity contribution in [1.29, 1.82) is 0 Å². The molecule has 86 valence electrons. The molecule has 2 aliphatic heterocycles. The SMILES string of the molecule is CC(C)(Br)C(=O)O[C@@H]1CC(C)(C)N2O[C@@H]12. The highest BCUT2D eigenvalue weighted by molar-refractivity contribution is 9.10. The summed E-state index contributed by atoms with van der Waals surface area (Å²) in [6, 6.07) is 0. The standard InChI is InChI=1S/C10H16BrNO3/c1-9(2)5-6(7-12(9)15-7)14-8(13)10(3,4)11/h6-7H,5H2,1-4H3/t6-,7+,12?/m1/s1. The lowest BCUT2D eigenvalue weighted by molar-refractivity contribution is -0.152. The van der Waals surface area contributed by atoms with Crippen molar-refractivity contribution in [3.8, 4) is 0 Å². The summed E-state index contributed by atoms with van der Waals surface area (Å²) in [5, 5.41) is 1.90. The lowest BCUT2D eigenvalue weighted by atomic mass is 10.0. The van der Waals surface area contributed by atoms with E-state index in [2.05, 4.69) is 29.8 Å². The summed E-state index contributed by atoms with van der Waals surface area (Å²) in [7, 11) is 0. The Morgan fingerprint density at radius 1 is 1.60 bits per heavy atom. The van der Waals surface area contributed by atoms with Gasteiger partial charge in [0.15, 0.2) is 6.23 Å². The number of fused-ring (bicyclic) bond motifs is 1. The highest BCUT2D eigenvalue weighted by Crippen LogP contribution is 2.46. The van der Waals surface area contributed by atoms with Crippen LogP contribution in [0.2, 0.25) is 0 Å². The number of rotatable bonds is 2. The van der Waals surface area contributed by atoms with Crippen LogP contribution in [0.3, 0.4) is 0 Å². The van der Waals surface area contributed by atoms with Crippen LogP contribution in [0.4, 0.5) is 0 Å². The van der Waals surface area contributed by atoms with Crippen molar-refractivity contribution < 1.29 is 14.4 Å². The second-order valence-electron chi connectivity index (χ2n) is 5.25. The van der Waals surface area contributed by atoms with E-state index >= 15 is 0 Å². The predicted octanol–water partition coefficient (Wildman–Crippen LogP) is 1.83. The van der Waals surface area contributed by atoms with E-state index in [4.69, 9.17) is 9.57 Å². The Morgan fingerprint density at radius 2 is 2.20 bits per heavy atom. The zero-order chi connectivity index (χ0) is 11.4. The first-order valence-corrected chi connectivity index (χ1v) is 5.87. The molecule has 0 radical (unpaired) electrons. The maximum Gasteiger partial charge on any atom is 0.322 e. The van der Waals surface area contributed by atoms with E-state index in [9.17, 15) is 4.79 Å². The van der Waals surface area contributed by atoms with Crippen molar-refractivity contribution >= 4 is 21.9 Å². The summed E-state index contributed by atoms with van der Waals surface area (Å²) in [5.41, 5.74) is -0.0218. The lowest BCUT2D eigenvalue weighted by Crippen LogP contribution is -2.34. The third-order valence-electron chi connectivity index (χ3n) is 2.77. The van der Waals surface area contributed by atoms with Crippen molar-refractivity contribution in [3.63, 3.8) is 0 Å². The van der Waals surface area contributed by atoms with Gasteiger partial charge in [0.2, 0.25) is 0 Å². The van der Waals surface area contributed by atoms with Gasteiger partial charge in [0.1, 0.15) is 10.4 Å². The molecule has 15 heavy (non-hydrogen) atoms. The molecule has 0 amide bonds. The van der Waals surface area contributed by atoms with Gasteiger partial charge < -0.3 is 4.74 Å². The smallest absolute Gasteiger partial charge is 0.322 e. The highest BCUT2D eigenvalue weighted by atomic mass is 79.9. The van der Waals surface area contributed by atoms with Crippen LogP contribution >= 0.6 is 15.9 Å². The summed E-state index contributed by atoms with van der Waals surface area (Å²) in [4.78, 5) is 17.0. The Balaban J connectivity index is 1.96. The summed E-state index contributed by atoms with van der Waals surface area (Å²) >= 11 is 3.28. The Bertz CT molecular complexity index is 298. The van der Waals surface area contributed by atoms with E-state index in [0.29, 0.717) is 0 Å². The van der Waals surface area contributed by atoms with E-state index in [-0.39, 0.29) is 23.8 Å². The summed E-state index contributed by atoms with van der Waals surface area (Å²) in [6.07, 6.45) is 0.662. The van der Waals surface area contributed by atoms with Gasteiger partial charge in [0, 0.05) is 12.0 Å². The average Bonchev–Trinajstić information content (AvgIpc) is 2.74. The van der Waals surface area contributed by atoms with Crippen LogP contribution in [0, 0.1) is 0 Å². The molecule has 2 saturated heterocycles. The number of hydroxylamine groups is 2. The zero-order valence-corrected chi connectivity index (χ0v) is 11.0. The minimum absolute atomic E-state index is 0.0218. The van der Waals surface area contributed by atoms with Crippen LogP contribution in [-0.4, -0.2) is 33.2 Å². The Morgan fingerprint density at radius 3 is 2.53 bits per heavy atom. The fraction of sp³-hybridized carbons (Fsp3) is 0.900. The third kappa shape index (κ3) is 2.05. The molecular weight excluding hydrogens is 262 g/mol. The number of hydrogen-bond donors (Lipinski definition) is 0. The fourth-order valence-electron chi connectivity index (χ4n) is 1.86. The Hall–Kier alpha value is -0.130. The number of hydrogen-bond acceptors (Lipinski definition) is 4. The van der Waals surface area contributed by atoms with Crippen molar-refractivity contribution in [3.05, 3.63) is 0 Å². The molecule has 0 aromatic rings. The van der Waals surface area contributed by atoms with Crippen molar-refractivity contribution in [1.82, 2.24) is 5.06 Å². The van der Waals surface area contributed by atoms with Crippen molar-refractivity contribution in [2.75, 3.05) is 0 Å². The molecule has 0 aromatic heterocycles. The Labute approximate surface area is 98.0 Å². The Kier molecular flexibility index (Phi) is 2.41. The summed E-state index contributed by atoms with van der Waals surface area (Å²) in [5.74, 6) is -0.236. The maximum atomic E-state index is 11.7. The summed E-state index contributed by atoms with van der Waals surface area (Å²) in [6.45, 7) is 7.72. The maximum absolute atomic E-state index is 11.7. The van der Waals surface area contributed by atoms with Crippen molar-refractivity contribution in [2.45, 2.75) is 56.3 Å². The van der Waals surface area contributed by atoms with Gasteiger partial charge in [-0.3, -0.25) is 9.63 Å². The van der Waals surface area contributed by atoms with Crippen LogP contribution in [-0.2, 0) is 14.4 Å². The van der Waals surface area contributed by atoms with Gasteiger partial charge in [-0.25, -0.2) is 0 Å². The van der Waals surface area contributed by atoms with Crippen molar-refractivity contribution in [2.24, 2.45) is 0 Å². The topological polar surface area (TPSA) is 41.8 Å².